The minimum Gasteiger partial charge on any atom is -0.306 e. The van der Waals surface area contributed by atoms with E-state index in [1.807, 2.05) is 0 Å². The van der Waals surface area contributed by atoms with Crippen LogP contribution in [-0.4, -0.2) is 29.0 Å². The van der Waals surface area contributed by atoms with Gasteiger partial charge < -0.3 is 4.90 Å². The van der Waals surface area contributed by atoms with E-state index in [1.54, 1.807) is 0 Å². The van der Waals surface area contributed by atoms with E-state index in [-0.39, 0.29) is 0 Å². The highest BCUT2D eigenvalue weighted by atomic mass is 127. The van der Waals surface area contributed by atoms with Gasteiger partial charge in [0.25, 0.3) is 0 Å². The lowest BCUT2D eigenvalue weighted by molar-refractivity contribution is 0.253. The molecule has 0 N–H and O–H groups in total. The third kappa shape index (κ3) is 16.8. The first-order valence-corrected chi connectivity index (χ1v) is 13.2. The summed E-state index contributed by atoms with van der Waals surface area (Å²) in [4.78, 5) is 2.64. The van der Waals surface area contributed by atoms with Gasteiger partial charge in [-0.05, 0) is 38.8 Å². The minimum atomic E-state index is 0.873. The molecule has 2 heteroatoms. The van der Waals surface area contributed by atoms with Gasteiger partial charge >= 0.3 is 0 Å². The van der Waals surface area contributed by atoms with Gasteiger partial charge in [0.05, 0.1) is 0 Å². The lowest BCUT2D eigenvalue weighted by atomic mass is 9.93. The number of hydrogen-bond donors (Lipinski definition) is 0. The molecule has 0 bridgehead atoms. The molecule has 0 saturated carbocycles. The van der Waals surface area contributed by atoms with Crippen LogP contribution in [0.25, 0.3) is 0 Å². The topological polar surface area (TPSA) is 3.24 Å². The molecular formula is C24H50IN. The van der Waals surface area contributed by atoms with Crippen molar-refractivity contribution in [3.8, 4) is 0 Å². The van der Waals surface area contributed by atoms with E-state index in [4.69, 9.17) is 0 Å². The highest BCUT2D eigenvalue weighted by molar-refractivity contribution is 14.1. The quantitative estimate of drug-likeness (QED) is 0.0959. The molecule has 2 unspecified atom stereocenters. The molecule has 158 valence electrons. The summed E-state index contributed by atoms with van der Waals surface area (Å²) in [6.45, 7) is 9.56. The highest BCUT2D eigenvalue weighted by Crippen LogP contribution is 2.26. The Labute approximate surface area is 180 Å². The van der Waals surface area contributed by atoms with Crippen LogP contribution in [0.15, 0.2) is 0 Å². The summed E-state index contributed by atoms with van der Waals surface area (Å²) < 4.78 is 0.873. The van der Waals surface area contributed by atoms with Gasteiger partial charge in [-0.15, -0.1) is 0 Å². The Morgan fingerprint density at radius 2 is 1.08 bits per heavy atom. The van der Waals surface area contributed by atoms with Crippen LogP contribution in [0.5, 0.6) is 0 Å². The molecule has 26 heavy (non-hydrogen) atoms. The molecule has 0 heterocycles. The smallest absolute Gasteiger partial charge is 0.0150 e. The van der Waals surface area contributed by atoms with E-state index in [1.165, 1.54) is 116 Å². The molecule has 0 fully saturated rings. The van der Waals surface area contributed by atoms with Crippen molar-refractivity contribution in [1.82, 2.24) is 4.90 Å². The van der Waals surface area contributed by atoms with E-state index in [0.717, 1.165) is 9.84 Å². The average molecular weight is 480 g/mol. The summed E-state index contributed by atoms with van der Waals surface area (Å²) in [5.41, 5.74) is 0. The highest BCUT2D eigenvalue weighted by Gasteiger charge is 2.20. The van der Waals surface area contributed by atoms with Crippen molar-refractivity contribution < 1.29 is 0 Å². The Hall–Kier alpha value is 0.690. The van der Waals surface area contributed by atoms with Crippen LogP contribution in [0.3, 0.4) is 0 Å². The van der Waals surface area contributed by atoms with Crippen molar-refractivity contribution in [2.75, 3.05) is 20.1 Å². The molecule has 0 aromatic heterocycles. The number of hydrogen-bond acceptors (Lipinski definition) is 1. The summed E-state index contributed by atoms with van der Waals surface area (Å²) in [5, 5.41) is 0. The van der Waals surface area contributed by atoms with Crippen molar-refractivity contribution >= 4 is 22.6 Å². The second-order valence-corrected chi connectivity index (χ2v) is 10.1. The number of nitrogens with zero attached hydrogens (tertiary/aromatic N) is 1. The number of unbranched alkanes of at least 4 members (excludes halogenated alkanes) is 11. The van der Waals surface area contributed by atoms with E-state index in [2.05, 4.69) is 55.3 Å². The molecule has 0 saturated heterocycles. The lowest BCUT2D eigenvalue weighted by Gasteiger charge is -2.28. The molecule has 0 aliphatic heterocycles. The largest absolute Gasteiger partial charge is 0.306 e. The average Bonchev–Trinajstić information content (AvgIpc) is 2.64. The molecule has 0 spiro atoms. The first-order chi connectivity index (χ1) is 12.7. The summed E-state index contributed by atoms with van der Waals surface area (Å²) in [6.07, 6.45) is 22.7. The van der Waals surface area contributed by atoms with Gasteiger partial charge in [-0.25, -0.2) is 0 Å². The fourth-order valence-electron chi connectivity index (χ4n) is 3.88. The molecule has 0 amide bonds. The molecule has 0 rings (SSSR count). The SMILES string of the molecule is CCCCCCCCN(C)CC(CCCCCC)C(I)CCCCCC. The Kier molecular flexibility index (Phi) is 21.0. The van der Waals surface area contributed by atoms with Crippen molar-refractivity contribution in [3.05, 3.63) is 0 Å². The van der Waals surface area contributed by atoms with Gasteiger partial charge in [-0.2, -0.15) is 0 Å². The van der Waals surface area contributed by atoms with Crippen LogP contribution in [0.1, 0.15) is 124 Å². The maximum atomic E-state index is 2.78. The molecule has 1 nitrogen and oxygen atoms in total. The third-order valence-electron chi connectivity index (χ3n) is 5.71. The van der Waals surface area contributed by atoms with Crippen LogP contribution in [0.4, 0.5) is 0 Å². The Balaban J connectivity index is 4.13. The summed E-state index contributed by atoms with van der Waals surface area (Å²) in [5.74, 6) is 0.902. The molecule has 0 aromatic carbocycles. The lowest BCUT2D eigenvalue weighted by Crippen LogP contribution is -2.31. The fraction of sp³-hybridized carbons (Fsp3) is 1.00. The molecule has 0 radical (unpaired) electrons. The summed E-state index contributed by atoms with van der Waals surface area (Å²) >= 11 is 2.78. The Morgan fingerprint density at radius 3 is 1.65 bits per heavy atom. The van der Waals surface area contributed by atoms with Crippen LogP contribution >= 0.6 is 22.6 Å². The second-order valence-electron chi connectivity index (χ2n) is 8.50. The fourth-order valence-corrected chi connectivity index (χ4v) is 4.90. The van der Waals surface area contributed by atoms with Gasteiger partial charge in [-0.1, -0.05) is 127 Å². The van der Waals surface area contributed by atoms with Gasteiger partial charge in [0, 0.05) is 10.5 Å². The first kappa shape index (κ1) is 26.7. The second kappa shape index (κ2) is 20.4. The normalized spacial score (nSPS) is 14.1. The molecule has 0 aliphatic rings. The monoisotopic (exact) mass is 479 g/mol. The maximum Gasteiger partial charge on any atom is 0.0150 e. The van der Waals surface area contributed by atoms with Gasteiger partial charge in [0.15, 0.2) is 0 Å². The first-order valence-electron chi connectivity index (χ1n) is 12.0. The predicted octanol–water partition coefficient (Wildman–Crippen LogP) is 8.64. The Bertz CT molecular complexity index is 269. The van der Waals surface area contributed by atoms with E-state index >= 15 is 0 Å². The van der Waals surface area contributed by atoms with Crippen molar-refractivity contribution in [1.29, 1.82) is 0 Å². The van der Waals surface area contributed by atoms with E-state index in [9.17, 15) is 0 Å². The Morgan fingerprint density at radius 1 is 0.615 bits per heavy atom. The molecular weight excluding hydrogens is 429 g/mol. The van der Waals surface area contributed by atoms with Gasteiger partial charge in [-0.3, -0.25) is 0 Å². The minimum absolute atomic E-state index is 0.873. The van der Waals surface area contributed by atoms with Crippen molar-refractivity contribution in [3.63, 3.8) is 0 Å². The van der Waals surface area contributed by atoms with Crippen LogP contribution < -0.4 is 0 Å². The maximum absolute atomic E-state index is 2.78. The van der Waals surface area contributed by atoms with Crippen LogP contribution in [0, 0.1) is 5.92 Å². The van der Waals surface area contributed by atoms with Crippen molar-refractivity contribution in [2.24, 2.45) is 5.92 Å². The van der Waals surface area contributed by atoms with Gasteiger partial charge in [0.2, 0.25) is 0 Å². The zero-order chi connectivity index (χ0) is 19.5. The zero-order valence-corrected chi connectivity index (χ0v) is 20.9. The summed E-state index contributed by atoms with van der Waals surface area (Å²) in [6, 6.07) is 0. The van der Waals surface area contributed by atoms with Crippen LogP contribution in [0.2, 0.25) is 0 Å². The van der Waals surface area contributed by atoms with Crippen molar-refractivity contribution in [2.45, 2.75) is 127 Å². The molecule has 0 aromatic rings. The standard InChI is InChI=1S/C24H50IN/c1-5-8-11-14-15-18-21-26(4)22-23(19-16-12-9-6-2)24(25)20-17-13-10-7-3/h23-24H,5-22H2,1-4H3. The third-order valence-corrected chi connectivity index (χ3v) is 7.35. The van der Waals surface area contributed by atoms with Gasteiger partial charge in [0.1, 0.15) is 0 Å². The zero-order valence-electron chi connectivity index (χ0n) is 18.7. The summed E-state index contributed by atoms with van der Waals surface area (Å²) in [7, 11) is 2.37. The number of alkyl halides is 1. The number of halogens is 1. The molecule has 0 aliphatic carbocycles. The molecule has 2 atom stereocenters. The number of rotatable bonds is 20. The predicted molar refractivity (Wildman–Crippen MR) is 130 cm³/mol. The van der Waals surface area contributed by atoms with E-state index in [0.29, 0.717) is 0 Å². The van der Waals surface area contributed by atoms with Crippen LogP contribution in [-0.2, 0) is 0 Å². The van der Waals surface area contributed by atoms with E-state index < -0.39 is 0 Å².